The van der Waals surface area contributed by atoms with E-state index in [2.05, 4.69) is 5.32 Å². The molecule has 1 aromatic rings. The van der Waals surface area contributed by atoms with E-state index >= 15 is 0 Å². The zero-order valence-corrected chi connectivity index (χ0v) is 11.1. The average Bonchev–Trinajstić information content (AvgIpc) is 2.28. The van der Waals surface area contributed by atoms with E-state index in [9.17, 15) is 9.59 Å². The van der Waals surface area contributed by atoms with Crippen LogP contribution in [0.4, 0.5) is 5.69 Å². The van der Waals surface area contributed by atoms with Crippen LogP contribution in [-0.4, -0.2) is 18.8 Å². The first-order chi connectivity index (χ1) is 8.51. The van der Waals surface area contributed by atoms with Crippen LogP contribution in [0.2, 0.25) is 0 Å². The molecule has 0 atom stereocenters. The third kappa shape index (κ3) is 5.21. The van der Waals surface area contributed by atoms with Gasteiger partial charge < -0.3 is 10.1 Å². The molecule has 1 N–H and O–H groups in total. The normalized spacial score (nSPS) is 9.50. The number of amides is 1. The van der Waals surface area contributed by atoms with Gasteiger partial charge in [0.15, 0.2) is 5.78 Å². The number of ether oxygens (including phenoxy) is 1. The van der Waals surface area contributed by atoms with Crippen LogP contribution >= 0.6 is 23.2 Å². The lowest BCUT2D eigenvalue weighted by Gasteiger charge is -2.05. The number of hydrogen-bond acceptors (Lipinski definition) is 3. The molecule has 0 aliphatic carbocycles. The summed E-state index contributed by atoms with van der Waals surface area (Å²) in [6.07, 6.45) is 0.686. The van der Waals surface area contributed by atoms with Crippen molar-refractivity contribution in [3.63, 3.8) is 0 Å². The zero-order valence-electron chi connectivity index (χ0n) is 9.57. The quantitative estimate of drug-likeness (QED) is 0.669. The molecule has 4 nitrogen and oxygen atoms in total. The van der Waals surface area contributed by atoms with Crippen LogP contribution < -0.4 is 10.1 Å². The second kappa shape index (κ2) is 7.03. The molecule has 1 amide bonds. The summed E-state index contributed by atoms with van der Waals surface area (Å²) < 4.78 is 4.81. The maximum absolute atomic E-state index is 11.5. The van der Waals surface area contributed by atoms with Gasteiger partial charge in [-0.25, -0.2) is 0 Å². The van der Waals surface area contributed by atoms with Gasteiger partial charge in [0.1, 0.15) is 10.2 Å². The summed E-state index contributed by atoms with van der Waals surface area (Å²) in [5, 5.41) is 2.57. The predicted octanol–water partition coefficient (Wildman–Crippen LogP) is 2.91. The fourth-order valence-electron chi connectivity index (χ4n) is 1.21. The van der Waals surface area contributed by atoms with E-state index in [0.29, 0.717) is 11.4 Å². The highest BCUT2D eigenvalue weighted by Crippen LogP contribution is 2.15. The fourth-order valence-corrected chi connectivity index (χ4v) is 1.45. The topological polar surface area (TPSA) is 55.4 Å². The van der Waals surface area contributed by atoms with Crippen molar-refractivity contribution in [3.8, 4) is 5.75 Å². The molecule has 0 heterocycles. The van der Waals surface area contributed by atoms with Gasteiger partial charge in [0.2, 0.25) is 5.91 Å². The number of carbonyl (C=O) groups is 2. The summed E-state index contributed by atoms with van der Waals surface area (Å²) >= 11 is 10.6. The monoisotopic (exact) mass is 287 g/mol. The van der Waals surface area contributed by atoms with E-state index in [0.717, 1.165) is 6.08 Å². The average molecular weight is 288 g/mol. The predicted molar refractivity (Wildman–Crippen MR) is 71.0 cm³/mol. The molecule has 1 aromatic carbocycles. The van der Waals surface area contributed by atoms with Crippen LogP contribution in [0.15, 0.2) is 34.8 Å². The van der Waals surface area contributed by atoms with Crippen molar-refractivity contribution in [1.29, 1.82) is 0 Å². The number of methoxy groups -OCH3 is 1. The Morgan fingerprint density at radius 3 is 2.39 bits per heavy atom. The van der Waals surface area contributed by atoms with Crippen LogP contribution in [0.3, 0.4) is 0 Å². The van der Waals surface area contributed by atoms with Gasteiger partial charge in [-0.15, -0.1) is 0 Å². The van der Waals surface area contributed by atoms with Crippen LogP contribution in [0.25, 0.3) is 0 Å². The Hall–Kier alpha value is -1.52. The SMILES string of the molecule is COc1ccc(NC(=O)CC(=O)C=C(Cl)Cl)cc1. The van der Waals surface area contributed by atoms with Crippen molar-refractivity contribution < 1.29 is 14.3 Å². The minimum absolute atomic E-state index is 0.169. The maximum Gasteiger partial charge on any atom is 0.232 e. The number of ketones is 1. The lowest BCUT2D eigenvalue weighted by atomic mass is 10.2. The molecule has 0 radical (unpaired) electrons. The van der Waals surface area contributed by atoms with Gasteiger partial charge >= 0.3 is 0 Å². The molecule has 0 spiro atoms. The molecule has 0 fully saturated rings. The number of rotatable bonds is 5. The molecular formula is C12H11Cl2NO3. The Bertz CT molecular complexity index is 465. The van der Waals surface area contributed by atoms with Crippen LogP contribution in [0.1, 0.15) is 6.42 Å². The number of anilines is 1. The van der Waals surface area contributed by atoms with Crippen LogP contribution in [-0.2, 0) is 9.59 Å². The van der Waals surface area contributed by atoms with Gasteiger partial charge in [-0.05, 0) is 24.3 Å². The highest BCUT2D eigenvalue weighted by molar-refractivity contribution is 6.56. The minimum atomic E-state index is -0.457. The van der Waals surface area contributed by atoms with Gasteiger partial charge in [-0.2, -0.15) is 0 Å². The number of halogens is 2. The summed E-state index contributed by atoms with van der Waals surface area (Å²) in [4.78, 5) is 22.7. The number of allylic oxidation sites excluding steroid dienone is 1. The number of hydrogen-bond donors (Lipinski definition) is 1. The Morgan fingerprint density at radius 2 is 1.89 bits per heavy atom. The highest BCUT2D eigenvalue weighted by atomic mass is 35.5. The lowest BCUT2D eigenvalue weighted by molar-refractivity contribution is -0.122. The summed E-state index contributed by atoms with van der Waals surface area (Å²) in [7, 11) is 1.55. The Balaban J connectivity index is 2.54. The first kappa shape index (κ1) is 14.5. The maximum atomic E-state index is 11.5. The lowest BCUT2D eigenvalue weighted by Crippen LogP contribution is -2.15. The molecule has 0 saturated carbocycles. The Kier molecular flexibility index (Phi) is 5.68. The molecular weight excluding hydrogens is 277 g/mol. The number of benzene rings is 1. The van der Waals surface area contributed by atoms with Crippen LogP contribution in [0, 0.1) is 0 Å². The summed E-state index contributed by atoms with van der Waals surface area (Å²) in [6, 6.07) is 6.75. The molecule has 0 aliphatic heterocycles. The summed E-state index contributed by atoms with van der Waals surface area (Å²) in [6.45, 7) is 0. The number of nitrogens with one attached hydrogen (secondary N) is 1. The zero-order chi connectivity index (χ0) is 13.5. The van der Waals surface area contributed by atoms with Gasteiger partial charge in [0.25, 0.3) is 0 Å². The summed E-state index contributed by atoms with van der Waals surface area (Å²) in [5.74, 6) is -0.210. The van der Waals surface area contributed by atoms with Gasteiger partial charge in [0, 0.05) is 11.8 Å². The molecule has 0 bridgehead atoms. The van der Waals surface area contributed by atoms with E-state index in [1.807, 2.05) is 0 Å². The second-order valence-corrected chi connectivity index (χ2v) is 4.36. The Morgan fingerprint density at radius 1 is 1.28 bits per heavy atom. The second-order valence-electron chi connectivity index (χ2n) is 3.35. The van der Waals surface area contributed by atoms with E-state index < -0.39 is 11.7 Å². The van der Waals surface area contributed by atoms with Crippen molar-refractivity contribution in [2.24, 2.45) is 0 Å². The summed E-state index contributed by atoms with van der Waals surface area (Å²) in [5.41, 5.74) is 0.578. The molecule has 96 valence electrons. The van der Waals surface area contributed by atoms with Crippen molar-refractivity contribution >= 4 is 40.6 Å². The highest BCUT2D eigenvalue weighted by Gasteiger charge is 2.08. The molecule has 0 aromatic heterocycles. The third-order valence-electron chi connectivity index (χ3n) is 1.98. The van der Waals surface area contributed by atoms with Crippen molar-refractivity contribution in [1.82, 2.24) is 0 Å². The smallest absolute Gasteiger partial charge is 0.232 e. The largest absolute Gasteiger partial charge is 0.497 e. The van der Waals surface area contributed by atoms with E-state index in [4.69, 9.17) is 27.9 Å². The van der Waals surface area contributed by atoms with Gasteiger partial charge in [-0.1, -0.05) is 23.2 Å². The molecule has 6 heteroatoms. The Labute approximate surface area is 115 Å². The standard InChI is InChI=1S/C12H11Cl2NO3/c1-18-10-4-2-8(3-5-10)15-12(17)7-9(16)6-11(13)14/h2-6H,7H2,1H3,(H,15,17). The first-order valence-electron chi connectivity index (χ1n) is 5.00. The van der Waals surface area contributed by atoms with Gasteiger partial charge in [0.05, 0.1) is 13.5 Å². The fraction of sp³-hybridized carbons (Fsp3) is 0.167. The molecule has 0 aliphatic rings. The first-order valence-corrected chi connectivity index (χ1v) is 5.76. The van der Waals surface area contributed by atoms with Crippen molar-refractivity contribution in [3.05, 3.63) is 34.8 Å². The molecule has 1 rings (SSSR count). The van der Waals surface area contributed by atoms with E-state index in [1.165, 1.54) is 0 Å². The van der Waals surface area contributed by atoms with E-state index in [1.54, 1.807) is 31.4 Å². The van der Waals surface area contributed by atoms with Crippen molar-refractivity contribution in [2.45, 2.75) is 6.42 Å². The minimum Gasteiger partial charge on any atom is -0.497 e. The van der Waals surface area contributed by atoms with Crippen molar-refractivity contribution in [2.75, 3.05) is 12.4 Å². The molecule has 18 heavy (non-hydrogen) atoms. The van der Waals surface area contributed by atoms with Gasteiger partial charge in [-0.3, -0.25) is 9.59 Å². The van der Waals surface area contributed by atoms with Crippen LogP contribution in [0.5, 0.6) is 5.75 Å². The molecule has 0 unspecified atom stereocenters. The number of carbonyl (C=O) groups excluding carboxylic acids is 2. The molecule has 0 saturated heterocycles. The third-order valence-corrected chi connectivity index (χ3v) is 2.20. The van der Waals surface area contributed by atoms with E-state index in [-0.39, 0.29) is 10.9 Å².